The quantitative estimate of drug-likeness (QED) is 0.292. The summed E-state index contributed by atoms with van der Waals surface area (Å²) in [4.78, 5) is 10.4. The summed E-state index contributed by atoms with van der Waals surface area (Å²) in [5.74, 6) is -0.756. The first-order chi connectivity index (χ1) is 13.2. The number of carboxylic acid groups (broad SMARTS) is 1. The molecule has 2 heteroatoms. The van der Waals surface area contributed by atoms with Gasteiger partial charge in [-0.3, -0.25) is 4.79 Å². The third-order valence-electron chi connectivity index (χ3n) is 3.00. The van der Waals surface area contributed by atoms with E-state index in [2.05, 4.69) is 0 Å². The lowest BCUT2D eigenvalue weighted by atomic mass is 10.1. The van der Waals surface area contributed by atoms with Gasteiger partial charge >= 0.3 is 5.97 Å². The smallest absolute Gasteiger partial charge is 0.303 e. The van der Waals surface area contributed by atoms with Gasteiger partial charge in [-0.15, -0.1) is 0 Å². The van der Waals surface area contributed by atoms with Crippen LogP contribution in [-0.2, 0) is 4.79 Å². The Hall–Kier alpha value is -0.790. The van der Waals surface area contributed by atoms with Gasteiger partial charge in [-0.2, -0.15) is 0 Å². The van der Waals surface area contributed by atoms with Gasteiger partial charge in [0.15, 0.2) is 0 Å². The van der Waals surface area contributed by atoms with Crippen molar-refractivity contribution in [2.75, 3.05) is 0 Å². The van der Waals surface area contributed by atoms with E-state index in [0.29, 0.717) is 25.7 Å². The van der Waals surface area contributed by atoms with Crippen LogP contribution in [0.3, 0.4) is 0 Å². The maximum atomic E-state index is 10.4. The average molecular weight is 292 g/mol. The molecule has 0 fully saturated rings. The van der Waals surface area contributed by atoms with Crippen molar-refractivity contribution in [3.05, 3.63) is 12.2 Å². The molecule has 0 amide bonds. The van der Waals surface area contributed by atoms with Gasteiger partial charge in [-0.05, 0) is 32.1 Å². The minimum absolute atomic E-state index is 0.222. The van der Waals surface area contributed by atoms with Gasteiger partial charge in [0.05, 0.1) is 0 Å². The molecule has 0 aliphatic rings. The Bertz CT molecular complexity index is 514. The summed E-state index contributed by atoms with van der Waals surface area (Å²) >= 11 is 0. The largest absolute Gasteiger partial charge is 0.481 e. The van der Waals surface area contributed by atoms with Crippen molar-refractivity contribution in [2.24, 2.45) is 0 Å². The topological polar surface area (TPSA) is 37.3 Å². The molecule has 0 heterocycles. The molecular formula is C18H34O2. The first-order valence-electron chi connectivity index (χ1n) is 12.0. The van der Waals surface area contributed by atoms with Crippen molar-refractivity contribution in [1.82, 2.24) is 0 Å². The van der Waals surface area contributed by atoms with Crippen molar-refractivity contribution in [2.45, 2.75) is 96.6 Å². The van der Waals surface area contributed by atoms with E-state index < -0.39 is 31.9 Å². The zero-order chi connectivity index (χ0) is 22.8. The zero-order valence-electron chi connectivity index (χ0n) is 21.3. The Kier molecular flexibility index (Phi) is 7.00. The van der Waals surface area contributed by atoms with Gasteiger partial charge in [-0.25, -0.2) is 0 Å². The lowest BCUT2D eigenvalue weighted by molar-refractivity contribution is -0.137. The molecule has 0 spiro atoms. The number of aliphatic carboxylic acids is 1. The second-order valence-electron chi connectivity index (χ2n) is 4.84. The van der Waals surface area contributed by atoms with Crippen LogP contribution in [0, 0.1) is 0 Å². The van der Waals surface area contributed by atoms with Crippen LogP contribution in [0.5, 0.6) is 0 Å². The Morgan fingerprint density at radius 2 is 1.55 bits per heavy atom. The number of hydrogen-bond acceptors (Lipinski definition) is 1. The Morgan fingerprint density at radius 1 is 0.950 bits per heavy atom. The first kappa shape index (κ1) is 8.60. The SMILES string of the molecule is [2H]C([2H])([2H])C([2H])([2H])C([2H])([2H])C([2H])([2H])CCCC/C=C/CCCCCCCC(=O)O. The highest BCUT2D eigenvalue weighted by Gasteiger charge is 1.95. The lowest BCUT2D eigenvalue weighted by Crippen LogP contribution is -1.93. The van der Waals surface area contributed by atoms with Crippen molar-refractivity contribution in [3.63, 3.8) is 0 Å². The van der Waals surface area contributed by atoms with Gasteiger partial charge in [-0.1, -0.05) is 70.2 Å². The van der Waals surface area contributed by atoms with Crippen molar-refractivity contribution in [1.29, 1.82) is 0 Å². The predicted octanol–water partition coefficient (Wildman–Crippen LogP) is 6.11. The summed E-state index contributed by atoms with van der Waals surface area (Å²) < 4.78 is 68.0. The molecule has 0 rings (SSSR count). The maximum absolute atomic E-state index is 10.4. The number of rotatable bonds is 15. The summed E-state index contributed by atoms with van der Waals surface area (Å²) in [5, 5.41) is 8.54. The molecule has 0 radical (unpaired) electrons. The Morgan fingerprint density at radius 3 is 2.20 bits per heavy atom. The zero-order valence-corrected chi connectivity index (χ0v) is 12.3. The minimum atomic E-state index is -3.28. The van der Waals surface area contributed by atoms with Crippen LogP contribution >= 0.6 is 0 Å². The van der Waals surface area contributed by atoms with Crippen LogP contribution in [0.1, 0.15) is 109 Å². The Balaban J connectivity index is 4.07. The van der Waals surface area contributed by atoms with E-state index in [1.165, 1.54) is 0 Å². The fourth-order valence-corrected chi connectivity index (χ4v) is 1.89. The predicted molar refractivity (Wildman–Crippen MR) is 87.1 cm³/mol. The highest BCUT2D eigenvalue weighted by Crippen LogP contribution is 2.09. The number of hydrogen-bond donors (Lipinski definition) is 1. The van der Waals surface area contributed by atoms with Crippen molar-refractivity contribution in [3.8, 4) is 0 Å². The minimum Gasteiger partial charge on any atom is -0.481 e. The van der Waals surface area contributed by atoms with Gasteiger partial charge in [0.1, 0.15) is 0 Å². The van der Waals surface area contributed by atoms with Crippen molar-refractivity contribution < 1.29 is 22.2 Å². The van der Waals surface area contributed by atoms with E-state index in [-0.39, 0.29) is 12.8 Å². The summed E-state index contributed by atoms with van der Waals surface area (Å²) in [6.07, 6.45) is 2.27. The summed E-state index contributed by atoms with van der Waals surface area (Å²) in [7, 11) is 0. The number of carbonyl (C=O) groups is 1. The van der Waals surface area contributed by atoms with E-state index in [1.807, 2.05) is 12.2 Å². The lowest BCUT2D eigenvalue weighted by Gasteiger charge is -1.99. The van der Waals surface area contributed by atoms with Gasteiger partial charge < -0.3 is 5.11 Å². The van der Waals surface area contributed by atoms with Crippen LogP contribution in [0.15, 0.2) is 12.2 Å². The third kappa shape index (κ3) is 17.2. The summed E-state index contributed by atoms with van der Waals surface area (Å²) in [6, 6.07) is 0. The molecule has 0 aromatic heterocycles. The maximum Gasteiger partial charge on any atom is 0.303 e. The summed E-state index contributed by atoms with van der Waals surface area (Å²) in [5.41, 5.74) is 0. The molecule has 0 bridgehead atoms. The second-order valence-corrected chi connectivity index (χ2v) is 4.84. The highest BCUT2D eigenvalue weighted by atomic mass is 16.4. The van der Waals surface area contributed by atoms with E-state index in [9.17, 15) is 4.79 Å². The van der Waals surface area contributed by atoms with E-state index >= 15 is 0 Å². The molecule has 0 unspecified atom stereocenters. The fourth-order valence-electron chi connectivity index (χ4n) is 1.89. The fraction of sp³-hybridized carbons (Fsp3) is 0.833. The number of carboxylic acids is 1. The summed E-state index contributed by atoms with van der Waals surface area (Å²) in [6.45, 7) is -3.25. The van der Waals surface area contributed by atoms with E-state index in [1.54, 1.807) is 0 Å². The van der Waals surface area contributed by atoms with Crippen molar-refractivity contribution >= 4 is 5.97 Å². The monoisotopic (exact) mass is 291 g/mol. The molecule has 118 valence electrons. The molecular weight excluding hydrogens is 248 g/mol. The van der Waals surface area contributed by atoms with Gasteiger partial charge in [0, 0.05) is 18.8 Å². The van der Waals surface area contributed by atoms with Crippen LogP contribution in [0.25, 0.3) is 0 Å². The van der Waals surface area contributed by atoms with Crippen LogP contribution < -0.4 is 0 Å². The third-order valence-corrected chi connectivity index (χ3v) is 3.00. The molecule has 0 aromatic carbocycles. The number of unbranched alkanes of at least 4 members (excludes halogenated alkanes) is 7. The van der Waals surface area contributed by atoms with Crippen LogP contribution in [-0.4, -0.2) is 11.1 Å². The molecule has 0 saturated heterocycles. The second kappa shape index (κ2) is 16.3. The molecule has 20 heavy (non-hydrogen) atoms. The molecule has 0 aromatic rings. The van der Waals surface area contributed by atoms with E-state index in [0.717, 1.165) is 32.1 Å². The highest BCUT2D eigenvalue weighted by molar-refractivity contribution is 5.66. The molecule has 0 saturated carbocycles. The molecule has 2 nitrogen and oxygen atoms in total. The number of allylic oxidation sites excluding steroid dienone is 2. The Labute approximate surface area is 138 Å². The standard InChI is InChI=1S/C18H34O2/c1-2-3-4-5-6-7-8-9-10-11-12-13-14-15-16-17-18(19)20/h9-10H,2-8,11-17H2,1H3,(H,19,20)/b10-9+/i1D3,2D2,3D2,4D2. The van der Waals surface area contributed by atoms with Crippen LogP contribution in [0.4, 0.5) is 0 Å². The van der Waals surface area contributed by atoms with Gasteiger partial charge in [0.2, 0.25) is 0 Å². The van der Waals surface area contributed by atoms with Gasteiger partial charge in [0.25, 0.3) is 0 Å². The molecule has 1 N–H and O–H groups in total. The molecule has 0 aliphatic heterocycles. The average Bonchev–Trinajstić information content (AvgIpc) is 2.57. The molecule has 0 aliphatic carbocycles. The van der Waals surface area contributed by atoms with E-state index in [4.69, 9.17) is 17.4 Å². The van der Waals surface area contributed by atoms with Crippen LogP contribution in [0.2, 0.25) is 0 Å². The molecule has 0 atom stereocenters. The first-order valence-corrected chi connectivity index (χ1v) is 7.53. The normalized spacial score (nSPS) is 20.7.